The molecule has 0 amide bonds. The maximum Gasteiger partial charge on any atom is 0.325 e. The van der Waals surface area contributed by atoms with Gasteiger partial charge in [-0.3, -0.25) is 9.78 Å². The molecule has 1 unspecified atom stereocenters. The van der Waals surface area contributed by atoms with Gasteiger partial charge in [0.2, 0.25) is 0 Å². The van der Waals surface area contributed by atoms with Gasteiger partial charge in [0.15, 0.2) is 0 Å². The van der Waals surface area contributed by atoms with E-state index < -0.39 is 5.54 Å². The standard InChI is InChI=1S/C13H20N2O2S/c1-13(14,12(16)17-2)7-3-4-10-18-11-5-8-15-9-6-11/h5-6,8-9H,3-4,7,10,14H2,1-2H3. The minimum absolute atomic E-state index is 0.343. The second kappa shape index (κ2) is 7.38. The van der Waals surface area contributed by atoms with Gasteiger partial charge >= 0.3 is 5.97 Å². The molecule has 0 bridgehead atoms. The Labute approximate surface area is 112 Å². The zero-order chi connectivity index (χ0) is 13.4. The van der Waals surface area contributed by atoms with Crippen molar-refractivity contribution in [1.29, 1.82) is 0 Å². The lowest BCUT2D eigenvalue weighted by Gasteiger charge is -2.20. The van der Waals surface area contributed by atoms with Crippen LogP contribution >= 0.6 is 11.8 Å². The van der Waals surface area contributed by atoms with Gasteiger partial charge in [-0.1, -0.05) is 6.42 Å². The number of methoxy groups -OCH3 is 1. The first-order valence-electron chi connectivity index (χ1n) is 5.96. The maximum absolute atomic E-state index is 11.4. The highest BCUT2D eigenvalue weighted by Crippen LogP contribution is 2.20. The molecule has 100 valence electrons. The average molecular weight is 268 g/mol. The third kappa shape index (κ3) is 5.06. The summed E-state index contributed by atoms with van der Waals surface area (Å²) in [6.45, 7) is 1.72. The van der Waals surface area contributed by atoms with Crippen LogP contribution in [0.5, 0.6) is 0 Å². The molecule has 1 aromatic rings. The lowest BCUT2D eigenvalue weighted by Crippen LogP contribution is -2.45. The van der Waals surface area contributed by atoms with Crippen molar-refractivity contribution in [3.8, 4) is 0 Å². The van der Waals surface area contributed by atoms with Crippen molar-refractivity contribution in [2.24, 2.45) is 5.73 Å². The largest absolute Gasteiger partial charge is 0.468 e. The molecule has 0 radical (unpaired) electrons. The van der Waals surface area contributed by atoms with Gasteiger partial charge in [0.1, 0.15) is 5.54 Å². The van der Waals surface area contributed by atoms with Crippen molar-refractivity contribution in [3.05, 3.63) is 24.5 Å². The Kier molecular flexibility index (Phi) is 6.15. The van der Waals surface area contributed by atoms with E-state index in [1.165, 1.54) is 12.0 Å². The number of pyridine rings is 1. The highest BCUT2D eigenvalue weighted by Gasteiger charge is 2.28. The molecule has 18 heavy (non-hydrogen) atoms. The number of carbonyl (C=O) groups is 1. The van der Waals surface area contributed by atoms with Gasteiger partial charge in [-0.2, -0.15) is 0 Å². The highest BCUT2D eigenvalue weighted by atomic mass is 32.2. The molecule has 2 N–H and O–H groups in total. The predicted octanol–water partition coefficient (Wildman–Crippen LogP) is 2.23. The molecule has 1 atom stereocenters. The van der Waals surface area contributed by atoms with E-state index in [0.29, 0.717) is 6.42 Å². The first-order chi connectivity index (χ1) is 8.56. The van der Waals surface area contributed by atoms with E-state index >= 15 is 0 Å². The average Bonchev–Trinajstić information content (AvgIpc) is 2.38. The molecule has 0 fully saturated rings. The summed E-state index contributed by atoms with van der Waals surface area (Å²) in [5, 5.41) is 0. The third-order valence-electron chi connectivity index (χ3n) is 2.66. The van der Waals surface area contributed by atoms with Crippen LogP contribution in [0, 0.1) is 0 Å². The Hall–Kier alpha value is -1.07. The van der Waals surface area contributed by atoms with Crippen LogP contribution in [0.2, 0.25) is 0 Å². The number of ether oxygens (including phenoxy) is 1. The van der Waals surface area contributed by atoms with E-state index in [-0.39, 0.29) is 5.97 Å². The number of thioether (sulfide) groups is 1. The molecule has 0 aromatic carbocycles. The molecule has 1 heterocycles. The molecule has 1 rings (SSSR count). The van der Waals surface area contributed by atoms with Crippen LogP contribution in [-0.2, 0) is 9.53 Å². The minimum atomic E-state index is -0.865. The number of nitrogens with two attached hydrogens (primary N) is 1. The Bertz CT molecular complexity index is 369. The Morgan fingerprint density at radius 3 is 2.72 bits per heavy atom. The molecule has 0 saturated carbocycles. The Morgan fingerprint density at radius 2 is 2.11 bits per heavy atom. The third-order valence-corrected chi connectivity index (χ3v) is 3.76. The fourth-order valence-electron chi connectivity index (χ4n) is 1.55. The fourth-order valence-corrected chi connectivity index (χ4v) is 2.45. The summed E-state index contributed by atoms with van der Waals surface area (Å²) in [6.07, 6.45) is 6.17. The number of hydrogen-bond donors (Lipinski definition) is 1. The second-order valence-corrected chi connectivity index (χ2v) is 5.57. The summed E-state index contributed by atoms with van der Waals surface area (Å²) < 4.78 is 4.67. The fraction of sp³-hybridized carbons (Fsp3) is 0.538. The molecule has 0 aliphatic heterocycles. The molecule has 0 aliphatic carbocycles. The molecular weight excluding hydrogens is 248 g/mol. The van der Waals surface area contributed by atoms with Crippen molar-refractivity contribution in [3.63, 3.8) is 0 Å². The van der Waals surface area contributed by atoms with Crippen LogP contribution in [0.1, 0.15) is 26.2 Å². The first kappa shape index (κ1) is 15.0. The second-order valence-electron chi connectivity index (χ2n) is 4.40. The summed E-state index contributed by atoms with van der Waals surface area (Å²) in [5.74, 6) is 0.672. The summed E-state index contributed by atoms with van der Waals surface area (Å²) in [4.78, 5) is 16.5. The van der Waals surface area contributed by atoms with Gasteiger partial charge < -0.3 is 10.5 Å². The van der Waals surface area contributed by atoms with Crippen molar-refractivity contribution in [2.75, 3.05) is 12.9 Å². The van der Waals surface area contributed by atoms with E-state index in [9.17, 15) is 4.79 Å². The summed E-state index contributed by atoms with van der Waals surface area (Å²) >= 11 is 1.79. The van der Waals surface area contributed by atoms with Crippen LogP contribution in [-0.4, -0.2) is 29.4 Å². The lowest BCUT2D eigenvalue weighted by molar-refractivity contribution is -0.146. The van der Waals surface area contributed by atoms with Crippen LogP contribution in [0.15, 0.2) is 29.4 Å². The van der Waals surface area contributed by atoms with Gasteiger partial charge in [0.25, 0.3) is 0 Å². The maximum atomic E-state index is 11.4. The first-order valence-corrected chi connectivity index (χ1v) is 6.95. The molecule has 0 aliphatic rings. The quantitative estimate of drug-likeness (QED) is 0.467. The summed E-state index contributed by atoms with van der Waals surface area (Å²) in [5.41, 5.74) is 5.01. The van der Waals surface area contributed by atoms with Crippen molar-refractivity contribution < 1.29 is 9.53 Å². The van der Waals surface area contributed by atoms with E-state index in [1.807, 2.05) is 12.1 Å². The van der Waals surface area contributed by atoms with Crippen molar-refractivity contribution in [2.45, 2.75) is 36.6 Å². The predicted molar refractivity (Wildman–Crippen MR) is 73.4 cm³/mol. The van der Waals surface area contributed by atoms with Gasteiger partial charge in [-0.05, 0) is 37.7 Å². The number of aromatic nitrogens is 1. The Morgan fingerprint density at radius 1 is 1.44 bits per heavy atom. The van der Waals surface area contributed by atoms with Crippen LogP contribution in [0.4, 0.5) is 0 Å². The van der Waals surface area contributed by atoms with Gasteiger partial charge in [-0.25, -0.2) is 0 Å². The van der Waals surface area contributed by atoms with E-state index in [4.69, 9.17) is 5.73 Å². The zero-order valence-electron chi connectivity index (χ0n) is 10.9. The van der Waals surface area contributed by atoms with Gasteiger partial charge in [-0.15, -0.1) is 11.8 Å². The highest BCUT2D eigenvalue weighted by molar-refractivity contribution is 7.99. The molecule has 1 aromatic heterocycles. The number of unbranched alkanes of at least 4 members (excludes halogenated alkanes) is 1. The van der Waals surface area contributed by atoms with Crippen molar-refractivity contribution in [1.82, 2.24) is 4.98 Å². The van der Waals surface area contributed by atoms with Crippen molar-refractivity contribution >= 4 is 17.7 Å². The zero-order valence-corrected chi connectivity index (χ0v) is 11.7. The van der Waals surface area contributed by atoms with Crippen LogP contribution < -0.4 is 5.73 Å². The van der Waals surface area contributed by atoms with Crippen LogP contribution in [0.3, 0.4) is 0 Å². The summed E-state index contributed by atoms with van der Waals surface area (Å²) in [6, 6.07) is 3.98. The molecule has 0 spiro atoms. The number of carbonyl (C=O) groups excluding carboxylic acids is 1. The Balaban J connectivity index is 2.17. The van der Waals surface area contributed by atoms with Gasteiger partial charge in [0, 0.05) is 17.3 Å². The smallest absolute Gasteiger partial charge is 0.325 e. The normalized spacial score (nSPS) is 13.9. The molecule has 0 saturated heterocycles. The van der Waals surface area contributed by atoms with E-state index in [1.54, 1.807) is 31.1 Å². The number of rotatable bonds is 7. The molecular formula is C13H20N2O2S. The van der Waals surface area contributed by atoms with Gasteiger partial charge in [0.05, 0.1) is 7.11 Å². The lowest BCUT2D eigenvalue weighted by atomic mass is 9.97. The number of hydrogen-bond acceptors (Lipinski definition) is 5. The number of esters is 1. The summed E-state index contributed by atoms with van der Waals surface area (Å²) in [7, 11) is 1.37. The van der Waals surface area contributed by atoms with E-state index in [0.717, 1.165) is 18.6 Å². The monoisotopic (exact) mass is 268 g/mol. The van der Waals surface area contributed by atoms with E-state index in [2.05, 4.69) is 9.72 Å². The topological polar surface area (TPSA) is 65.2 Å². The minimum Gasteiger partial charge on any atom is -0.468 e. The molecule has 4 nitrogen and oxygen atoms in total. The molecule has 5 heteroatoms. The number of nitrogens with zero attached hydrogens (tertiary/aromatic N) is 1. The van der Waals surface area contributed by atoms with Crippen LogP contribution in [0.25, 0.3) is 0 Å². The SMILES string of the molecule is COC(=O)C(C)(N)CCCCSc1ccncc1.